The van der Waals surface area contributed by atoms with Gasteiger partial charge in [0.25, 0.3) is 0 Å². The molecule has 1 atom stereocenters. The number of thiophene rings is 1. The number of benzene rings is 1. The minimum atomic E-state index is -1.59. The highest BCUT2D eigenvalue weighted by atomic mass is 32.1. The van der Waals surface area contributed by atoms with Crippen molar-refractivity contribution in [2.75, 3.05) is 11.9 Å². The monoisotopic (exact) mass is 340 g/mol. The molecule has 23 heavy (non-hydrogen) atoms. The van der Waals surface area contributed by atoms with E-state index in [0.29, 0.717) is 6.54 Å². The van der Waals surface area contributed by atoms with Crippen molar-refractivity contribution in [2.24, 2.45) is 0 Å². The zero-order valence-electron chi connectivity index (χ0n) is 12.4. The lowest BCUT2D eigenvalue weighted by Gasteiger charge is -2.31. The Bertz CT molecular complexity index is 747. The molecule has 1 aliphatic heterocycles. The average molecular weight is 340 g/mol. The lowest BCUT2D eigenvalue weighted by Crippen LogP contribution is -2.44. The maximum absolute atomic E-state index is 13.6. The minimum absolute atomic E-state index is 0.353. The zero-order valence-corrected chi connectivity index (χ0v) is 13.2. The molecule has 3 nitrogen and oxygen atoms in total. The predicted molar refractivity (Wildman–Crippen MR) is 82.8 cm³/mol. The van der Waals surface area contributed by atoms with Crippen LogP contribution in [0.1, 0.15) is 17.4 Å². The first-order valence-electron chi connectivity index (χ1n) is 7.21. The molecule has 0 saturated heterocycles. The van der Waals surface area contributed by atoms with Crippen LogP contribution in [0.25, 0.3) is 0 Å². The summed E-state index contributed by atoms with van der Waals surface area (Å²) in [5.41, 5.74) is 0.842. The summed E-state index contributed by atoms with van der Waals surface area (Å²) < 4.78 is 39.8. The van der Waals surface area contributed by atoms with Gasteiger partial charge in [-0.25, -0.2) is 13.2 Å². The van der Waals surface area contributed by atoms with E-state index in [-0.39, 0.29) is 5.69 Å². The fraction of sp³-hybridized carbons (Fsp3) is 0.312. The number of hydrogen-bond acceptors (Lipinski definition) is 3. The highest BCUT2D eigenvalue weighted by Gasteiger charge is 2.27. The van der Waals surface area contributed by atoms with Gasteiger partial charge in [0.15, 0.2) is 17.5 Å². The molecular weight excluding hydrogens is 325 g/mol. The van der Waals surface area contributed by atoms with E-state index >= 15 is 0 Å². The molecular formula is C16H15F3N2OS. The Balaban J connectivity index is 1.70. The number of hydrogen-bond donors (Lipinski definition) is 1. The summed E-state index contributed by atoms with van der Waals surface area (Å²) >= 11 is 1.70. The third-order valence-electron chi connectivity index (χ3n) is 4.06. The molecule has 0 unspecified atom stereocenters. The molecule has 1 amide bonds. The summed E-state index contributed by atoms with van der Waals surface area (Å²) in [7, 11) is 0. The molecule has 0 fully saturated rings. The van der Waals surface area contributed by atoms with Crippen LogP contribution in [0, 0.1) is 17.5 Å². The van der Waals surface area contributed by atoms with Crippen molar-refractivity contribution in [1.29, 1.82) is 0 Å². The van der Waals surface area contributed by atoms with Gasteiger partial charge in [-0.1, -0.05) is 0 Å². The van der Waals surface area contributed by atoms with E-state index in [1.54, 1.807) is 18.3 Å². The number of carbonyl (C=O) groups is 1. The van der Waals surface area contributed by atoms with E-state index in [4.69, 9.17) is 0 Å². The van der Waals surface area contributed by atoms with Crippen LogP contribution >= 0.6 is 11.3 Å². The normalized spacial score (nSPS) is 16.0. The van der Waals surface area contributed by atoms with E-state index in [0.717, 1.165) is 25.1 Å². The van der Waals surface area contributed by atoms with Crippen LogP contribution in [0.15, 0.2) is 23.6 Å². The van der Waals surface area contributed by atoms with Gasteiger partial charge in [-0.05, 0) is 42.5 Å². The number of fused-ring (bicyclic) bond motifs is 1. The third-order valence-corrected chi connectivity index (χ3v) is 5.08. The Morgan fingerprint density at radius 1 is 1.26 bits per heavy atom. The van der Waals surface area contributed by atoms with E-state index in [1.807, 2.05) is 16.3 Å². The van der Waals surface area contributed by atoms with Gasteiger partial charge in [-0.2, -0.15) is 0 Å². The highest BCUT2D eigenvalue weighted by Crippen LogP contribution is 2.26. The first-order valence-corrected chi connectivity index (χ1v) is 8.09. The fourth-order valence-electron chi connectivity index (χ4n) is 2.63. The maximum Gasteiger partial charge on any atom is 0.241 e. The van der Waals surface area contributed by atoms with Crippen molar-refractivity contribution in [3.8, 4) is 0 Å². The van der Waals surface area contributed by atoms with Gasteiger partial charge in [0, 0.05) is 18.0 Å². The molecule has 1 aromatic carbocycles. The first kappa shape index (κ1) is 16.0. The van der Waals surface area contributed by atoms with Crippen LogP contribution < -0.4 is 5.32 Å². The minimum Gasteiger partial charge on any atom is -0.322 e. The van der Waals surface area contributed by atoms with Crippen LogP contribution in [-0.4, -0.2) is 23.4 Å². The molecule has 2 heterocycles. The van der Waals surface area contributed by atoms with E-state index in [1.165, 1.54) is 10.4 Å². The number of amides is 1. The molecule has 0 spiro atoms. The average Bonchev–Trinajstić information content (AvgIpc) is 3.02. The molecule has 0 radical (unpaired) electrons. The van der Waals surface area contributed by atoms with Crippen LogP contribution in [-0.2, 0) is 17.8 Å². The van der Waals surface area contributed by atoms with Crippen LogP contribution in [0.2, 0.25) is 0 Å². The summed E-state index contributed by atoms with van der Waals surface area (Å²) in [6.45, 7) is 3.08. The number of halogens is 3. The molecule has 3 rings (SSSR count). The maximum atomic E-state index is 13.6. The highest BCUT2D eigenvalue weighted by molar-refractivity contribution is 7.10. The Morgan fingerprint density at radius 3 is 2.83 bits per heavy atom. The molecule has 1 N–H and O–H groups in total. The molecule has 7 heteroatoms. The quantitative estimate of drug-likeness (QED) is 0.867. The van der Waals surface area contributed by atoms with Gasteiger partial charge in [-0.15, -0.1) is 11.3 Å². The summed E-state index contributed by atoms with van der Waals surface area (Å²) in [6, 6.07) is 3.34. The zero-order chi connectivity index (χ0) is 16.6. The first-order chi connectivity index (χ1) is 11.0. The Labute approximate surface area is 135 Å². The van der Waals surface area contributed by atoms with Gasteiger partial charge in [0.2, 0.25) is 5.91 Å². The lowest BCUT2D eigenvalue weighted by molar-refractivity contribution is -0.121. The summed E-state index contributed by atoms with van der Waals surface area (Å²) in [6.07, 6.45) is 0.865. The number of nitrogens with zero attached hydrogens (tertiary/aromatic N) is 1. The smallest absolute Gasteiger partial charge is 0.241 e. The second-order valence-electron chi connectivity index (χ2n) is 5.48. The van der Waals surface area contributed by atoms with Gasteiger partial charge >= 0.3 is 0 Å². The van der Waals surface area contributed by atoms with E-state index < -0.39 is 29.4 Å². The number of nitrogens with one attached hydrogen (secondary N) is 1. The molecule has 2 aromatic rings. The molecule has 122 valence electrons. The summed E-state index contributed by atoms with van der Waals surface area (Å²) in [4.78, 5) is 15.6. The van der Waals surface area contributed by atoms with Gasteiger partial charge < -0.3 is 5.32 Å². The van der Waals surface area contributed by atoms with Crippen molar-refractivity contribution < 1.29 is 18.0 Å². The van der Waals surface area contributed by atoms with Crippen molar-refractivity contribution >= 4 is 22.9 Å². The second kappa shape index (κ2) is 6.33. The molecule has 0 aliphatic carbocycles. The molecule has 0 saturated carbocycles. The van der Waals surface area contributed by atoms with Crippen molar-refractivity contribution in [2.45, 2.75) is 25.9 Å². The second-order valence-corrected chi connectivity index (χ2v) is 6.48. The largest absolute Gasteiger partial charge is 0.322 e. The Hall–Kier alpha value is -1.86. The van der Waals surface area contributed by atoms with Gasteiger partial charge in [0.1, 0.15) is 0 Å². The summed E-state index contributed by atoms with van der Waals surface area (Å²) in [5, 5.41) is 4.36. The molecule has 1 aliphatic rings. The molecule has 0 bridgehead atoms. The SMILES string of the molecule is C[C@H](C(=O)Nc1ccc(F)c(F)c1F)N1CCc2sccc2C1. The Morgan fingerprint density at radius 2 is 2.04 bits per heavy atom. The predicted octanol–water partition coefficient (Wildman–Crippen LogP) is 3.55. The molecule has 1 aromatic heterocycles. The van der Waals surface area contributed by atoms with E-state index in [9.17, 15) is 18.0 Å². The van der Waals surface area contributed by atoms with Gasteiger partial charge in [0.05, 0.1) is 11.7 Å². The van der Waals surface area contributed by atoms with Gasteiger partial charge in [-0.3, -0.25) is 9.69 Å². The third kappa shape index (κ3) is 3.11. The van der Waals surface area contributed by atoms with Crippen molar-refractivity contribution in [3.05, 3.63) is 51.5 Å². The topological polar surface area (TPSA) is 32.3 Å². The lowest BCUT2D eigenvalue weighted by atomic mass is 10.1. The van der Waals surface area contributed by atoms with Crippen molar-refractivity contribution in [1.82, 2.24) is 4.90 Å². The van der Waals surface area contributed by atoms with Crippen molar-refractivity contribution in [3.63, 3.8) is 0 Å². The standard InChI is InChI=1S/C16H15F3N2OS/c1-9(21-6-4-13-10(8-21)5-7-23-13)16(22)20-12-3-2-11(17)14(18)15(12)19/h2-3,5,7,9H,4,6,8H2,1H3,(H,20,22)/t9-/m1/s1. The van der Waals surface area contributed by atoms with E-state index in [2.05, 4.69) is 5.32 Å². The summed E-state index contributed by atoms with van der Waals surface area (Å²) in [5.74, 6) is -4.70. The Kier molecular flexibility index (Phi) is 4.41. The number of rotatable bonds is 3. The van der Waals surface area contributed by atoms with Crippen LogP contribution in [0.3, 0.4) is 0 Å². The fourth-order valence-corrected chi connectivity index (χ4v) is 3.52. The number of carbonyl (C=O) groups excluding carboxylic acids is 1. The van der Waals surface area contributed by atoms with Crippen LogP contribution in [0.5, 0.6) is 0 Å². The number of anilines is 1. The van der Waals surface area contributed by atoms with Crippen LogP contribution in [0.4, 0.5) is 18.9 Å².